The Kier molecular flexibility index (Phi) is 4.81. The molecular weight excluding hydrogens is 382 g/mol. The summed E-state index contributed by atoms with van der Waals surface area (Å²) in [5, 5.41) is 0. The number of benzene rings is 1. The molecule has 154 valence electrons. The fourth-order valence-electron chi connectivity index (χ4n) is 3.45. The van der Waals surface area contributed by atoms with Gasteiger partial charge in [0.1, 0.15) is 0 Å². The van der Waals surface area contributed by atoms with E-state index in [2.05, 4.69) is 0 Å². The fourth-order valence-corrected chi connectivity index (χ4v) is 4.59. The van der Waals surface area contributed by atoms with Crippen LogP contribution >= 0.6 is 0 Å². The molecule has 0 bridgehead atoms. The predicted molar refractivity (Wildman–Crippen MR) is 102 cm³/mol. The Hall–Kier alpha value is -1.48. The molecule has 1 aromatic rings. The van der Waals surface area contributed by atoms with E-state index in [4.69, 9.17) is 13.7 Å². The lowest BCUT2D eigenvalue weighted by Gasteiger charge is -2.32. The molecular formula is C20H27NO6S. The molecule has 4 rings (SSSR count). The number of hydrogen-bond acceptors (Lipinski definition) is 6. The van der Waals surface area contributed by atoms with Crippen molar-refractivity contribution in [3.63, 3.8) is 0 Å². The van der Waals surface area contributed by atoms with Gasteiger partial charge in [0.2, 0.25) is 0 Å². The maximum atomic E-state index is 13.2. The Morgan fingerprint density at radius 2 is 1.89 bits per heavy atom. The molecule has 0 radical (unpaired) electrons. The van der Waals surface area contributed by atoms with Gasteiger partial charge in [-0.1, -0.05) is 20.8 Å². The quantitative estimate of drug-likeness (QED) is 0.696. The first-order chi connectivity index (χ1) is 13.1. The van der Waals surface area contributed by atoms with E-state index in [1.54, 1.807) is 11.0 Å². The maximum Gasteiger partial charge on any atom is 0.297 e. The zero-order valence-corrected chi connectivity index (χ0v) is 17.4. The molecule has 0 aromatic heterocycles. The van der Waals surface area contributed by atoms with Gasteiger partial charge in [0.15, 0.2) is 0 Å². The number of hydrogen-bond donors (Lipinski definition) is 0. The minimum absolute atomic E-state index is 0.00807. The van der Waals surface area contributed by atoms with E-state index in [0.717, 1.165) is 12.8 Å². The average Bonchev–Trinajstić information content (AvgIpc) is 3.45. The van der Waals surface area contributed by atoms with Gasteiger partial charge < -0.3 is 14.4 Å². The molecule has 28 heavy (non-hydrogen) atoms. The molecule has 0 N–H and O–H groups in total. The van der Waals surface area contributed by atoms with Crippen LogP contribution in [0.15, 0.2) is 23.1 Å². The lowest BCUT2D eigenvalue weighted by atomic mass is 9.99. The van der Waals surface area contributed by atoms with Crippen molar-refractivity contribution in [2.24, 2.45) is 11.3 Å². The number of amides is 1. The van der Waals surface area contributed by atoms with Gasteiger partial charge in [0, 0.05) is 12.1 Å². The summed E-state index contributed by atoms with van der Waals surface area (Å²) in [7, 11) is -3.96. The van der Waals surface area contributed by atoms with Crippen molar-refractivity contribution in [1.82, 2.24) is 0 Å². The zero-order valence-electron chi connectivity index (χ0n) is 16.6. The number of rotatable bonds is 5. The van der Waals surface area contributed by atoms with E-state index in [-0.39, 0.29) is 22.8 Å². The smallest absolute Gasteiger partial charge is 0.297 e. The summed E-state index contributed by atoms with van der Waals surface area (Å²) in [4.78, 5) is 14.9. The third-order valence-corrected chi connectivity index (χ3v) is 6.37. The van der Waals surface area contributed by atoms with Crippen molar-refractivity contribution in [2.45, 2.75) is 50.7 Å². The first kappa shape index (κ1) is 19.8. The standard InChI is InChI=1S/C20H27NO6S/c1-19(2,3)13-27-28(23,24)15-7-8-17-16(11-15)20(25-9-4-10-26-20)18(22)21(17)12-14-5-6-14/h7-8,11,14H,4-6,9-10,12-13H2,1-3H3. The second-order valence-electron chi connectivity index (χ2n) is 8.98. The second kappa shape index (κ2) is 6.79. The van der Waals surface area contributed by atoms with Gasteiger partial charge in [-0.15, -0.1) is 0 Å². The number of carbonyl (C=O) groups is 1. The van der Waals surface area contributed by atoms with Gasteiger partial charge in [-0.3, -0.25) is 8.98 Å². The minimum Gasteiger partial charge on any atom is -0.338 e. The summed E-state index contributed by atoms with van der Waals surface area (Å²) in [5.41, 5.74) is 0.823. The topological polar surface area (TPSA) is 82.1 Å². The summed E-state index contributed by atoms with van der Waals surface area (Å²) in [6, 6.07) is 4.63. The third kappa shape index (κ3) is 3.58. The normalized spacial score (nSPS) is 22.0. The molecule has 0 unspecified atom stereocenters. The summed E-state index contributed by atoms with van der Waals surface area (Å²) in [6.07, 6.45) is 2.89. The Morgan fingerprint density at radius 3 is 2.50 bits per heavy atom. The van der Waals surface area contributed by atoms with E-state index in [0.29, 0.717) is 43.3 Å². The van der Waals surface area contributed by atoms with E-state index >= 15 is 0 Å². The molecule has 8 heteroatoms. The van der Waals surface area contributed by atoms with Crippen LogP contribution < -0.4 is 4.90 Å². The fraction of sp³-hybridized carbons (Fsp3) is 0.650. The molecule has 1 aliphatic carbocycles. The van der Waals surface area contributed by atoms with Gasteiger partial charge in [0.05, 0.1) is 30.4 Å². The van der Waals surface area contributed by atoms with Gasteiger partial charge in [-0.2, -0.15) is 8.42 Å². The van der Waals surface area contributed by atoms with E-state index in [1.165, 1.54) is 12.1 Å². The Morgan fingerprint density at radius 1 is 1.21 bits per heavy atom. The van der Waals surface area contributed by atoms with Crippen LogP contribution in [0.25, 0.3) is 0 Å². The highest BCUT2D eigenvalue weighted by Crippen LogP contribution is 2.47. The molecule has 2 aliphatic heterocycles. The van der Waals surface area contributed by atoms with Crippen molar-refractivity contribution in [3.05, 3.63) is 23.8 Å². The molecule has 2 heterocycles. The van der Waals surface area contributed by atoms with Crippen molar-refractivity contribution < 1.29 is 26.9 Å². The summed E-state index contributed by atoms with van der Waals surface area (Å²) in [6.45, 7) is 7.15. The maximum absolute atomic E-state index is 13.2. The van der Waals surface area contributed by atoms with Crippen LogP contribution in [0.3, 0.4) is 0 Å². The molecule has 3 aliphatic rings. The molecule has 2 fully saturated rings. The van der Waals surface area contributed by atoms with Crippen molar-refractivity contribution >= 4 is 21.7 Å². The Bertz CT molecular complexity index is 878. The van der Waals surface area contributed by atoms with Gasteiger partial charge >= 0.3 is 0 Å². The van der Waals surface area contributed by atoms with Crippen LogP contribution in [0, 0.1) is 11.3 Å². The monoisotopic (exact) mass is 409 g/mol. The van der Waals surface area contributed by atoms with E-state index < -0.39 is 15.9 Å². The van der Waals surface area contributed by atoms with E-state index in [9.17, 15) is 13.2 Å². The van der Waals surface area contributed by atoms with Crippen LogP contribution in [-0.2, 0) is 34.4 Å². The molecule has 0 atom stereocenters. The largest absolute Gasteiger partial charge is 0.338 e. The lowest BCUT2D eigenvalue weighted by molar-refractivity contribution is -0.256. The van der Waals surface area contributed by atoms with Crippen LogP contribution in [0.2, 0.25) is 0 Å². The highest BCUT2D eigenvalue weighted by molar-refractivity contribution is 7.86. The van der Waals surface area contributed by atoms with Crippen molar-refractivity contribution in [1.29, 1.82) is 0 Å². The number of fused-ring (bicyclic) bond motifs is 2. The minimum atomic E-state index is -3.96. The molecule has 7 nitrogen and oxygen atoms in total. The van der Waals surface area contributed by atoms with Gasteiger partial charge in [-0.05, 0) is 48.8 Å². The van der Waals surface area contributed by atoms with Crippen LogP contribution in [0.5, 0.6) is 0 Å². The molecule has 1 spiro atoms. The first-order valence-corrected chi connectivity index (χ1v) is 11.2. The highest BCUT2D eigenvalue weighted by atomic mass is 32.2. The Balaban J connectivity index is 1.72. The Labute approximate surface area is 166 Å². The van der Waals surface area contributed by atoms with Crippen LogP contribution in [0.1, 0.15) is 45.6 Å². The van der Waals surface area contributed by atoms with Crippen molar-refractivity contribution in [2.75, 3.05) is 31.3 Å². The average molecular weight is 410 g/mol. The number of carbonyl (C=O) groups excluding carboxylic acids is 1. The molecule has 1 aromatic carbocycles. The van der Waals surface area contributed by atoms with Gasteiger partial charge in [-0.25, -0.2) is 0 Å². The summed E-state index contributed by atoms with van der Waals surface area (Å²) < 4.78 is 42.3. The summed E-state index contributed by atoms with van der Waals surface area (Å²) in [5.74, 6) is -1.33. The van der Waals surface area contributed by atoms with Crippen LogP contribution in [-0.4, -0.2) is 40.7 Å². The molecule has 1 saturated carbocycles. The highest BCUT2D eigenvalue weighted by Gasteiger charge is 2.55. The number of ether oxygens (including phenoxy) is 2. The third-order valence-electron chi connectivity index (χ3n) is 5.11. The second-order valence-corrected chi connectivity index (χ2v) is 10.6. The number of anilines is 1. The van der Waals surface area contributed by atoms with Gasteiger partial charge in [0.25, 0.3) is 21.8 Å². The first-order valence-electron chi connectivity index (χ1n) is 9.76. The number of nitrogens with zero attached hydrogens (tertiary/aromatic N) is 1. The van der Waals surface area contributed by atoms with E-state index in [1.807, 2.05) is 20.8 Å². The molecule has 1 saturated heterocycles. The molecule has 1 amide bonds. The van der Waals surface area contributed by atoms with Crippen LogP contribution in [0.4, 0.5) is 5.69 Å². The lowest BCUT2D eigenvalue weighted by Crippen LogP contribution is -2.47. The SMILES string of the molecule is CC(C)(C)COS(=O)(=O)c1ccc2c(c1)C1(OCCCO1)C(=O)N2CC1CC1. The van der Waals surface area contributed by atoms with Crippen molar-refractivity contribution in [3.8, 4) is 0 Å². The summed E-state index contributed by atoms with van der Waals surface area (Å²) >= 11 is 0. The zero-order chi connectivity index (χ0) is 20.2. The predicted octanol–water partition coefficient (Wildman–Crippen LogP) is 2.78.